The lowest BCUT2D eigenvalue weighted by Crippen LogP contribution is -2.04. The van der Waals surface area contributed by atoms with Gasteiger partial charge in [0.2, 0.25) is 5.43 Å². The molecule has 3 aromatic heterocycles. The Bertz CT molecular complexity index is 689. The molecule has 1 N–H and O–H groups in total. The van der Waals surface area contributed by atoms with E-state index in [0.717, 1.165) is 4.88 Å². The van der Waals surface area contributed by atoms with E-state index in [1.165, 1.54) is 17.4 Å². The van der Waals surface area contributed by atoms with Crippen molar-refractivity contribution in [2.75, 3.05) is 0 Å². The maximum Gasteiger partial charge on any atom is 0.209 e. The highest BCUT2D eigenvalue weighted by Crippen LogP contribution is 2.20. The van der Waals surface area contributed by atoms with Gasteiger partial charge in [-0.15, -0.1) is 11.3 Å². The van der Waals surface area contributed by atoms with Gasteiger partial charge in [0.1, 0.15) is 5.69 Å². The van der Waals surface area contributed by atoms with Gasteiger partial charge < -0.3 is 4.98 Å². The topological polar surface area (TPSA) is 71.5 Å². The Kier molecular flexibility index (Phi) is 2.00. The number of fused-ring (bicyclic) bond motifs is 1. The maximum absolute atomic E-state index is 11.6. The van der Waals surface area contributed by atoms with Crippen molar-refractivity contribution in [2.45, 2.75) is 0 Å². The molecule has 0 bridgehead atoms. The highest BCUT2D eigenvalue weighted by atomic mass is 32.1. The molecule has 0 radical (unpaired) electrons. The summed E-state index contributed by atoms with van der Waals surface area (Å²) in [6, 6.07) is 1.44. The summed E-state index contributed by atoms with van der Waals surface area (Å²) in [5.41, 5.74) is 3.12. The molecule has 0 fully saturated rings. The number of rotatable bonds is 1. The fourth-order valence-electron chi connectivity index (χ4n) is 1.40. The normalized spacial score (nSPS) is 10.8. The largest absolute Gasteiger partial charge is 0.345 e. The van der Waals surface area contributed by atoms with Gasteiger partial charge in [-0.05, 0) is 0 Å². The average molecular weight is 230 g/mol. The quantitative estimate of drug-likeness (QED) is 0.686. The van der Waals surface area contributed by atoms with Crippen LogP contribution in [0.2, 0.25) is 0 Å². The molecule has 0 saturated carbocycles. The van der Waals surface area contributed by atoms with E-state index in [9.17, 15) is 4.79 Å². The molecule has 5 nitrogen and oxygen atoms in total. The molecule has 0 saturated heterocycles. The summed E-state index contributed by atoms with van der Waals surface area (Å²) in [7, 11) is 0. The van der Waals surface area contributed by atoms with Gasteiger partial charge in [-0.3, -0.25) is 9.78 Å². The summed E-state index contributed by atoms with van der Waals surface area (Å²) in [4.78, 5) is 27.8. The van der Waals surface area contributed by atoms with E-state index in [4.69, 9.17) is 0 Å². The Morgan fingerprint density at radius 3 is 3.06 bits per heavy atom. The number of nitrogens with zero attached hydrogens (tertiary/aromatic N) is 3. The Labute approximate surface area is 93.9 Å². The van der Waals surface area contributed by atoms with Crippen molar-refractivity contribution in [2.24, 2.45) is 0 Å². The van der Waals surface area contributed by atoms with Gasteiger partial charge in [-0.2, -0.15) is 0 Å². The predicted octanol–water partition coefficient (Wildman–Crippen LogP) is 1.44. The van der Waals surface area contributed by atoms with Gasteiger partial charge in [0.25, 0.3) is 0 Å². The number of hydrogen-bond acceptors (Lipinski definition) is 5. The number of aromatic amines is 1. The van der Waals surface area contributed by atoms with Crippen molar-refractivity contribution in [3.63, 3.8) is 0 Å². The van der Waals surface area contributed by atoms with Gasteiger partial charge in [-0.25, -0.2) is 9.97 Å². The molecule has 0 aliphatic carbocycles. The Balaban J connectivity index is 2.31. The van der Waals surface area contributed by atoms with Gasteiger partial charge in [0.05, 0.1) is 16.6 Å². The fourth-order valence-corrected chi connectivity index (χ4v) is 1.98. The van der Waals surface area contributed by atoms with Crippen LogP contribution >= 0.6 is 11.3 Å². The lowest BCUT2D eigenvalue weighted by atomic mass is 10.3. The Morgan fingerprint density at radius 1 is 1.31 bits per heavy atom. The van der Waals surface area contributed by atoms with Gasteiger partial charge in [-0.1, -0.05) is 0 Å². The van der Waals surface area contributed by atoms with E-state index < -0.39 is 0 Å². The first-order valence-corrected chi connectivity index (χ1v) is 5.46. The van der Waals surface area contributed by atoms with Crippen LogP contribution in [0.15, 0.2) is 35.0 Å². The van der Waals surface area contributed by atoms with Crippen molar-refractivity contribution in [3.05, 3.63) is 40.4 Å². The Morgan fingerprint density at radius 2 is 2.25 bits per heavy atom. The van der Waals surface area contributed by atoms with Crippen molar-refractivity contribution in [1.82, 2.24) is 19.9 Å². The van der Waals surface area contributed by atoms with E-state index in [-0.39, 0.29) is 5.43 Å². The molecule has 0 atom stereocenters. The minimum absolute atomic E-state index is 0.132. The van der Waals surface area contributed by atoms with Crippen molar-refractivity contribution in [3.8, 4) is 10.6 Å². The predicted molar refractivity (Wildman–Crippen MR) is 61.3 cm³/mol. The third-order valence-corrected chi connectivity index (χ3v) is 2.94. The Hall–Kier alpha value is -2.08. The van der Waals surface area contributed by atoms with Crippen molar-refractivity contribution < 1.29 is 0 Å². The van der Waals surface area contributed by atoms with E-state index in [1.54, 1.807) is 24.1 Å². The van der Waals surface area contributed by atoms with E-state index >= 15 is 0 Å². The molecule has 3 rings (SSSR count). The number of H-pyrrole nitrogens is 1. The molecule has 0 aliphatic rings. The molecule has 3 heterocycles. The third kappa shape index (κ3) is 1.40. The fraction of sp³-hybridized carbons (Fsp3) is 0. The van der Waals surface area contributed by atoms with Crippen LogP contribution in [-0.2, 0) is 0 Å². The molecular weight excluding hydrogens is 224 g/mol. The second-order valence-electron chi connectivity index (χ2n) is 3.16. The van der Waals surface area contributed by atoms with Crippen LogP contribution in [0.5, 0.6) is 0 Å². The van der Waals surface area contributed by atoms with Gasteiger partial charge in [0, 0.05) is 18.5 Å². The molecule has 16 heavy (non-hydrogen) atoms. The zero-order valence-corrected chi connectivity index (χ0v) is 8.86. The van der Waals surface area contributed by atoms with Crippen LogP contribution in [0.1, 0.15) is 0 Å². The molecule has 78 valence electrons. The molecule has 3 aromatic rings. The first kappa shape index (κ1) is 9.17. The second-order valence-corrected chi connectivity index (χ2v) is 4.05. The summed E-state index contributed by atoms with van der Waals surface area (Å²) in [5.74, 6) is 0. The summed E-state index contributed by atoms with van der Waals surface area (Å²) < 4.78 is 0. The van der Waals surface area contributed by atoms with E-state index in [2.05, 4.69) is 19.9 Å². The molecule has 0 spiro atoms. The summed E-state index contributed by atoms with van der Waals surface area (Å²) in [6.07, 6.45) is 4.90. The number of hydrogen-bond donors (Lipinski definition) is 1. The minimum Gasteiger partial charge on any atom is -0.345 e. The highest BCUT2D eigenvalue weighted by molar-refractivity contribution is 7.13. The monoisotopic (exact) mass is 230 g/mol. The van der Waals surface area contributed by atoms with Crippen LogP contribution < -0.4 is 5.43 Å². The van der Waals surface area contributed by atoms with Gasteiger partial charge in [0.15, 0.2) is 11.2 Å². The number of nitrogens with one attached hydrogen (secondary N) is 1. The van der Waals surface area contributed by atoms with Crippen LogP contribution in [0.4, 0.5) is 0 Å². The maximum atomic E-state index is 11.6. The standard InChI is InChI=1S/C10H6N4OS/c15-7-1-2-12-10-9(7)14-6(3-13-10)8-4-11-5-16-8/h1-5H,(H,12,13,15). The molecule has 0 unspecified atom stereocenters. The van der Waals surface area contributed by atoms with Crippen LogP contribution in [0, 0.1) is 0 Å². The lowest BCUT2D eigenvalue weighted by Gasteiger charge is -1.98. The van der Waals surface area contributed by atoms with Crippen molar-refractivity contribution in [1.29, 1.82) is 0 Å². The number of pyridine rings is 1. The molecule has 6 heteroatoms. The van der Waals surface area contributed by atoms with Crippen molar-refractivity contribution >= 4 is 22.5 Å². The van der Waals surface area contributed by atoms with Crippen LogP contribution in [-0.4, -0.2) is 19.9 Å². The molecule has 0 aromatic carbocycles. The molecule has 0 amide bonds. The third-order valence-electron chi connectivity index (χ3n) is 2.15. The smallest absolute Gasteiger partial charge is 0.209 e. The zero-order chi connectivity index (χ0) is 11.0. The van der Waals surface area contributed by atoms with E-state index in [0.29, 0.717) is 16.9 Å². The highest BCUT2D eigenvalue weighted by Gasteiger charge is 2.05. The summed E-state index contributed by atoms with van der Waals surface area (Å²) >= 11 is 1.46. The SMILES string of the molecule is O=c1cc[nH]c2ncc(-c3cncs3)nc12. The number of thiazole rings is 1. The first-order valence-electron chi connectivity index (χ1n) is 4.58. The van der Waals surface area contributed by atoms with Crippen LogP contribution in [0.25, 0.3) is 21.7 Å². The molecular formula is C10H6N4OS. The van der Waals surface area contributed by atoms with Gasteiger partial charge >= 0.3 is 0 Å². The lowest BCUT2D eigenvalue weighted by molar-refractivity contribution is 1.22. The first-order chi connectivity index (χ1) is 7.84. The summed E-state index contributed by atoms with van der Waals surface area (Å²) in [6.45, 7) is 0. The summed E-state index contributed by atoms with van der Waals surface area (Å²) in [5, 5.41) is 0. The molecule has 0 aliphatic heterocycles. The van der Waals surface area contributed by atoms with Crippen LogP contribution in [0.3, 0.4) is 0 Å². The minimum atomic E-state index is -0.132. The average Bonchev–Trinajstić information content (AvgIpc) is 2.83. The second kappa shape index (κ2) is 3.49. The number of aromatic nitrogens is 4. The van der Waals surface area contributed by atoms with E-state index in [1.807, 2.05) is 0 Å². The zero-order valence-electron chi connectivity index (χ0n) is 8.04.